The summed E-state index contributed by atoms with van der Waals surface area (Å²) in [5, 5.41) is 0. The third-order valence-corrected chi connectivity index (χ3v) is 7.66. The first kappa shape index (κ1) is 21.6. The minimum absolute atomic E-state index is 0.729. The molecule has 28 heavy (non-hydrogen) atoms. The Kier molecular flexibility index (Phi) is 9.09. The number of aryl methyl sites for hydroxylation is 1. The van der Waals surface area contributed by atoms with Crippen molar-refractivity contribution in [1.29, 1.82) is 0 Å². The zero-order chi connectivity index (χ0) is 19.6. The molecular formula is C27H41F. The Morgan fingerprint density at radius 3 is 2.07 bits per heavy atom. The highest BCUT2D eigenvalue weighted by atomic mass is 19.1. The van der Waals surface area contributed by atoms with Crippen molar-refractivity contribution in [2.45, 2.75) is 103 Å². The first-order chi connectivity index (χ1) is 13.8. The van der Waals surface area contributed by atoms with Crippen LogP contribution < -0.4 is 0 Å². The average Bonchev–Trinajstić information content (AvgIpc) is 2.76. The summed E-state index contributed by atoms with van der Waals surface area (Å²) in [6, 6.07) is 9.62. The maximum Gasteiger partial charge on any atom is 0.0827 e. The van der Waals surface area contributed by atoms with Crippen molar-refractivity contribution in [1.82, 2.24) is 0 Å². The summed E-state index contributed by atoms with van der Waals surface area (Å²) in [4.78, 5) is 0. The lowest BCUT2D eigenvalue weighted by atomic mass is 9.68. The van der Waals surface area contributed by atoms with Crippen molar-refractivity contribution in [3.05, 3.63) is 47.8 Å². The van der Waals surface area contributed by atoms with E-state index in [1.807, 2.05) is 0 Å². The molecule has 0 aromatic heterocycles. The zero-order valence-electron chi connectivity index (χ0n) is 18.1. The van der Waals surface area contributed by atoms with Crippen LogP contribution in [0, 0.1) is 17.8 Å². The van der Waals surface area contributed by atoms with Crippen molar-refractivity contribution in [3.8, 4) is 0 Å². The third-order valence-electron chi connectivity index (χ3n) is 7.66. The Balaban J connectivity index is 1.39. The first-order valence-electron chi connectivity index (χ1n) is 12.1. The summed E-state index contributed by atoms with van der Waals surface area (Å²) < 4.78 is 12.2. The average molecular weight is 385 g/mol. The molecule has 1 aromatic rings. The molecule has 1 heteroatoms. The van der Waals surface area contributed by atoms with Crippen LogP contribution in [0.3, 0.4) is 0 Å². The van der Waals surface area contributed by atoms with Gasteiger partial charge in [0.2, 0.25) is 0 Å². The van der Waals surface area contributed by atoms with E-state index in [2.05, 4.69) is 31.2 Å². The van der Waals surface area contributed by atoms with Gasteiger partial charge in [-0.25, -0.2) is 4.39 Å². The van der Waals surface area contributed by atoms with Gasteiger partial charge in [0, 0.05) is 0 Å². The maximum absolute atomic E-state index is 12.2. The second kappa shape index (κ2) is 11.8. The van der Waals surface area contributed by atoms with E-state index in [-0.39, 0.29) is 0 Å². The van der Waals surface area contributed by atoms with Crippen LogP contribution in [0.5, 0.6) is 0 Å². The zero-order valence-corrected chi connectivity index (χ0v) is 18.1. The number of hydrogen-bond acceptors (Lipinski definition) is 0. The molecular weight excluding hydrogens is 343 g/mol. The van der Waals surface area contributed by atoms with Gasteiger partial charge in [-0.2, -0.15) is 0 Å². The van der Waals surface area contributed by atoms with Crippen LogP contribution in [0.15, 0.2) is 36.7 Å². The van der Waals surface area contributed by atoms with Gasteiger partial charge < -0.3 is 0 Å². The normalized spacial score (nSPS) is 28.6. The van der Waals surface area contributed by atoms with Crippen LogP contribution in [0.2, 0.25) is 0 Å². The first-order valence-corrected chi connectivity index (χ1v) is 12.1. The minimum Gasteiger partial charge on any atom is -0.216 e. The Hall–Kier alpha value is -1.11. The Labute approximate surface area is 173 Å². The van der Waals surface area contributed by atoms with E-state index in [9.17, 15) is 4.39 Å². The lowest BCUT2D eigenvalue weighted by Crippen LogP contribution is -2.25. The van der Waals surface area contributed by atoms with Crippen molar-refractivity contribution in [3.63, 3.8) is 0 Å². The Bertz CT molecular complexity index is 556. The molecule has 0 saturated heterocycles. The number of hydrogen-bond donors (Lipinski definition) is 0. The molecule has 2 aliphatic carbocycles. The summed E-state index contributed by atoms with van der Waals surface area (Å²) in [5.74, 6) is 3.42. The smallest absolute Gasteiger partial charge is 0.0827 e. The maximum atomic E-state index is 12.2. The Morgan fingerprint density at radius 1 is 0.821 bits per heavy atom. The molecule has 0 nitrogen and oxygen atoms in total. The molecule has 0 heterocycles. The highest BCUT2D eigenvalue weighted by Gasteiger charge is 2.31. The van der Waals surface area contributed by atoms with E-state index in [1.165, 1.54) is 89.0 Å². The van der Waals surface area contributed by atoms with Crippen molar-refractivity contribution in [2.75, 3.05) is 0 Å². The number of allylic oxidation sites excluding steroid dienone is 1. The monoisotopic (exact) mass is 384 g/mol. The van der Waals surface area contributed by atoms with E-state index in [1.54, 1.807) is 11.6 Å². The topological polar surface area (TPSA) is 0 Å². The van der Waals surface area contributed by atoms with E-state index < -0.39 is 0 Å². The predicted molar refractivity (Wildman–Crippen MR) is 119 cm³/mol. The van der Waals surface area contributed by atoms with Crippen molar-refractivity contribution >= 4 is 0 Å². The molecule has 0 unspecified atom stereocenters. The fourth-order valence-corrected chi connectivity index (χ4v) is 5.78. The quantitative estimate of drug-likeness (QED) is 0.373. The molecule has 3 rings (SSSR count). The lowest BCUT2D eigenvalue weighted by molar-refractivity contribution is 0.160. The molecule has 0 aliphatic heterocycles. The third kappa shape index (κ3) is 6.46. The summed E-state index contributed by atoms with van der Waals surface area (Å²) in [6.07, 6.45) is 21.0. The molecule has 2 aliphatic rings. The SMILES string of the molecule is CCCCCCc1ccc(C2CCC([C@H]3CC[C@H](C/C=C/F)CC3)CC2)cc1. The highest BCUT2D eigenvalue weighted by molar-refractivity contribution is 5.26. The lowest BCUT2D eigenvalue weighted by Gasteiger charge is -2.38. The molecule has 156 valence electrons. The van der Waals surface area contributed by atoms with Gasteiger partial charge >= 0.3 is 0 Å². The van der Waals surface area contributed by atoms with Gasteiger partial charge in [0.15, 0.2) is 0 Å². The van der Waals surface area contributed by atoms with E-state index >= 15 is 0 Å². The van der Waals surface area contributed by atoms with Gasteiger partial charge in [0.05, 0.1) is 6.33 Å². The number of unbranched alkanes of at least 4 members (excludes halogenated alkanes) is 3. The predicted octanol–water partition coefficient (Wildman–Crippen LogP) is 8.76. The molecule has 0 atom stereocenters. The van der Waals surface area contributed by atoms with E-state index in [0.29, 0.717) is 0 Å². The van der Waals surface area contributed by atoms with E-state index in [4.69, 9.17) is 0 Å². The van der Waals surface area contributed by atoms with Crippen LogP contribution in [-0.4, -0.2) is 0 Å². The molecule has 2 saturated carbocycles. The number of benzene rings is 1. The molecule has 2 fully saturated rings. The van der Waals surface area contributed by atoms with Crippen LogP contribution in [-0.2, 0) is 6.42 Å². The molecule has 0 bridgehead atoms. The van der Waals surface area contributed by atoms with Gasteiger partial charge in [-0.1, -0.05) is 56.5 Å². The summed E-state index contributed by atoms with van der Waals surface area (Å²) >= 11 is 0. The van der Waals surface area contributed by atoms with Gasteiger partial charge in [0.25, 0.3) is 0 Å². The molecule has 0 N–H and O–H groups in total. The fourth-order valence-electron chi connectivity index (χ4n) is 5.78. The van der Waals surface area contributed by atoms with Gasteiger partial charge in [-0.15, -0.1) is 0 Å². The van der Waals surface area contributed by atoms with Gasteiger partial charge in [0.1, 0.15) is 0 Å². The number of halogens is 1. The van der Waals surface area contributed by atoms with Crippen LogP contribution in [0.1, 0.15) is 107 Å². The molecule has 0 amide bonds. The summed E-state index contributed by atoms with van der Waals surface area (Å²) in [7, 11) is 0. The molecule has 1 aromatic carbocycles. The summed E-state index contributed by atoms with van der Waals surface area (Å²) in [5.41, 5.74) is 3.10. The van der Waals surface area contributed by atoms with E-state index in [0.717, 1.165) is 36.4 Å². The van der Waals surface area contributed by atoms with Crippen molar-refractivity contribution in [2.24, 2.45) is 17.8 Å². The largest absolute Gasteiger partial charge is 0.216 e. The molecule has 0 radical (unpaired) electrons. The standard InChI is InChI=1S/C27H41F/c1-2-3-4-5-7-22-9-13-24(14-10-22)26-17-19-27(20-18-26)25-15-11-23(12-16-25)8-6-21-28/h6,9-10,13-14,21,23,25-27H,2-5,7-8,11-12,15-20H2,1H3/b21-6+/t23-,25-,26?,27?. The Morgan fingerprint density at radius 2 is 1.46 bits per heavy atom. The second-order valence-corrected chi connectivity index (χ2v) is 9.54. The van der Waals surface area contributed by atoms with Crippen molar-refractivity contribution < 1.29 is 4.39 Å². The van der Waals surface area contributed by atoms with Crippen LogP contribution in [0.25, 0.3) is 0 Å². The fraction of sp³-hybridized carbons (Fsp3) is 0.704. The minimum atomic E-state index is 0.729. The van der Waals surface area contributed by atoms with Gasteiger partial charge in [-0.05, 0) is 105 Å². The highest BCUT2D eigenvalue weighted by Crippen LogP contribution is 2.44. The van der Waals surface area contributed by atoms with Crippen LogP contribution in [0.4, 0.5) is 4.39 Å². The van der Waals surface area contributed by atoms with Gasteiger partial charge in [-0.3, -0.25) is 0 Å². The number of rotatable bonds is 9. The second-order valence-electron chi connectivity index (χ2n) is 9.54. The molecule has 0 spiro atoms. The van der Waals surface area contributed by atoms with Crippen LogP contribution >= 0.6 is 0 Å². The summed E-state index contributed by atoms with van der Waals surface area (Å²) in [6.45, 7) is 2.28.